The number of rotatable bonds is 1. The van der Waals surface area contributed by atoms with Gasteiger partial charge in [-0.15, -0.1) is 11.3 Å². The molecule has 2 aromatic rings. The molecule has 0 spiro atoms. The Bertz CT molecular complexity index is 485. The Morgan fingerprint density at radius 3 is 3.17 bits per heavy atom. The molecule has 0 atom stereocenters. The highest BCUT2D eigenvalue weighted by Crippen LogP contribution is 2.04. The van der Waals surface area contributed by atoms with Gasteiger partial charge in [0.05, 0.1) is 0 Å². The standard InChI is InChI=1S/C7H4N2O2S/c10-4-5-3-6(11)9-1-2-12-7(9)8-5/h1-4H. The Balaban J connectivity index is 2.93. The van der Waals surface area contributed by atoms with E-state index in [0.717, 1.165) is 0 Å². The van der Waals surface area contributed by atoms with Crippen molar-refractivity contribution in [2.24, 2.45) is 0 Å². The molecule has 60 valence electrons. The monoisotopic (exact) mass is 180 g/mol. The minimum Gasteiger partial charge on any atom is -0.296 e. The summed E-state index contributed by atoms with van der Waals surface area (Å²) < 4.78 is 1.40. The van der Waals surface area contributed by atoms with Crippen LogP contribution < -0.4 is 5.56 Å². The van der Waals surface area contributed by atoms with Gasteiger partial charge in [0.1, 0.15) is 5.69 Å². The Kier molecular flexibility index (Phi) is 1.51. The second kappa shape index (κ2) is 2.53. The van der Waals surface area contributed by atoms with Crippen molar-refractivity contribution in [3.05, 3.63) is 33.7 Å². The van der Waals surface area contributed by atoms with Gasteiger partial charge in [0, 0.05) is 17.6 Å². The zero-order valence-corrected chi connectivity index (χ0v) is 6.75. The molecule has 0 fully saturated rings. The van der Waals surface area contributed by atoms with E-state index < -0.39 is 0 Å². The van der Waals surface area contributed by atoms with Gasteiger partial charge in [-0.25, -0.2) is 4.98 Å². The Hall–Kier alpha value is -1.49. The highest BCUT2D eigenvalue weighted by molar-refractivity contribution is 7.15. The van der Waals surface area contributed by atoms with Crippen molar-refractivity contribution in [2.45, 2.75) is 0 Å². The smallest absolute Gasteiger partial charge is 0.259 e. The second-order valence-corrected chi connectivity index (χ2v) is 3.07. The number of aromatic nitrogens is 2. The van der Waals surface area contributed by atoms with E-state index in [4.69, 9.17) is 0 Å². The molecule has 0 radical (unpaired) electrons. The van der Waals surface area contributed by atoms with Crippen molar-refractivity contribution >= 4 is 22.6 Å². The third-order valence-electron chi connectivity index (χ3n) is 1.44. The van der Waals surface area contributed by atoms with Crippen molar-refractivity contribution in [3.63, 3.8) is 0 Å². The van der Waals surface area contributed by atoms with Crippen LogP contribution in [-0.2, 0) is 0 Å². The normalized spacial score (nSPS) is 10.3. The van der Waals surface area contributed by atoms with Gasteiger partial charge in [-0.05, 0) is 0 Å². The molecule has 2 heterocycles. The van der Waals surface area contributed by atoms with Gasteiger partial charge in [0.25, 0.3) is 5.56 Å². The van der Waals surface area contributed by atoms with Crippen LogP contribution in [0.15, 0.2) is 22.4 Å². The first-order valence-corrected chi connectivity index (χ1v) is 4.11. The van der Waals surface area contributed by atoms with Crippen molar-refractivity contribution in [3.8, 4) is 0 Å². The van der Waals surface area contributed by atoms with Gasteiger partial charge in [-0.1, -0.05) is 0 Å². The van der Waals surface area contributed by atoms with Crippen LogP contribution in [0.3, 0.4) is 0 Å². The fourth-order valence-electron chi connectivity index (χ4n) is 0.920. The molecule has 0 unspecified atom stereocenters. The number of fused-ring (bicyclic) bond motifs is 1. The van der Waals surface area contributed by atoms with E-state index in [2.05, 4.69) is 4.98 Å². The SMILES string of the molecule is O=Cc1cc(=O)n2ccsc2n1. The highest BCUT2D eigenvalue weighted by Gasteiger charge is 2.00. The first-order valence-electron chi connectivity index (χ1n) is 3.23. The summed E-state index contributed by atoms with van der Waals surface area (Å²) >= 11 is 1.32. The summed E-state index contributed by atoms with van der Waals surface area (Å²) in [5.41, 5.74) is -0.0363. The van der Waals surface area contributed by atoms with Crippen LogP contribution in [0.1, 0.15) is 10.5 Å². The molecule has 12 heavy (non-hydrogen) atoms. The fraction of sp³-hybridized carbons (Fsp3) is 0. The molecule has 0 aliphatic rings. The van der Waals surface area contributed by atoms with E-state index in [1.165, 1.54) is 21.8 Å². The van der Waals surface area contributed by atoms with E-state index >= 15 is 0 Å². The highest BCUT2D eigenvalue weighted by atomic mass is 32.1. The third-order valence-corrected chi connectivity index (χ3v) is 2.20. The van der Waals surface area contributed by atoms with E-state index in [9.17, 15) is 9.59 Å². The maximum Gasteiger partial charge on any atom is 0.259 e. The lowest BCUT2D eigenvalue weighted by molar-refractivity contribution is 0.111. The summed E-state index contributed by atoms with van der Waals surface area (Å²) in [6, 6.07) is 1.22. The van der Waals surface area contributed by atoms with Gasteiger partial charge in [0.15, 0.2) is 11.2 Å². The molecule has 2 rings (SSSR count). The molecule has 0 amide bonds. The lowest BCUT2D eigenvalue weighted by Crippen LogP contribution is -2.12. The second-order valence-electron chi connectivity index (χ2n) is 2.19. The van der Waals surface area contributed by atoms with Crippen LogP contribution in [0.2, 0.25) is 0 Å². The number of nitrogens with zero attached hydrogens (tertiary/aromatic N) is 2. The lowest BCUT2D eigenvalue weighted by atomic mass is 10.4. The topological polar surface area (TPSA) is 51.4 Å². The quantitative estimate of drug-likeness (QED) is 0.603. The summed E-state index contributed by atoms with van der Waals surface area (Å²) in [5, 5.41) is 1.75. The summed E-state index contributed by atoms with van der Waals surface area (Å²) in [6.45, 7) is 0. The lowest BCUT2D eigenvalue weighted by Gasteiger charge is -1.90. The molecule has 0 N–H and O–H groups in total. The predicted octanol–water partition coefficient (Wildman–Crippen LogP) is 0.569. The molecule has 0 aliphatic carbocycles. The number of aldehydes is 1. The van der Waals surface area contributed by atoms with Crippen molar-refractivity contribution in [1.29, 1.82) is 0 Å². The summed E-state index contributed by atoms with van der Waals surface area (Å²) in [4.78, 5) is 26.0. The largest absolute Gasteiger partial charge is 0.296 e. The first-order chi connectivity index (χ1) is 5.81. The van der Waals surface area contributed by atoms with E-state index in [-0.39, 0.29) is 11.3 Å². The Labute approximate surface area is 71.1 Å². The molecule has 0 aromatic carbocycles. The molecule has 4 nitrogen and oxygen atoms in total. The van der Waals surface area contributed by atoms with Gasteiger partial charge in [0.2, 0.25) is 0 Å². The van der Waals surface area contributed by atoms with E-state index in [1.54, 1.807) is 11.6 Å². The maximum absolute atomic E-state index is 11.2. The summed E-state index contributed by atoms with van der Waals surface area (Å²) in [7, 11) is 0. The van der Waals surface area contributed by atoms with E-state index in [0.29, 0.717) is 11.2 Å². The molecule has 0 saturated carbocycles. The van der Waals surface area contributed by atoms with Gasteiger partial charge in [-0.2, -0.15) is 0 Å². The number of thiazole rings is 1. The maximum atomic E-state index is 11.2. The average Bonchev–Trinajstić information content (AvgIpc) is 2.52. The fourth-order valence-corrected chi connectivity index (χ4v) is 1.65. The van der Waals surface area contributed by atoms with Crippen LogP contribution in [0.4, 0.5) is 0 Å². The van der Waals surface area contributed by atoms with Crippen LogP contribution in [0.5, 0.6) is 0 Å². The van der Waals surface area contributed by atoms with Crippen LogP contribution in [-0.4, -0.2) is 15.7 Å². The van der Waals surface area contributed by atoms with Crippen LogP contribution >= 0.6 is 11.3 Å². The number of hydrogen-bond donors (Lipinski definition) is 0. The zero-order chi connectivity index (χ0) is 8.55. The van der Waals surface area contributed by atoms with E-state index in [1.807, 2.05) is 0 Å². The number of carbonyl (C=O) groups is 1. The van der Waals surface area contributed by atoms with Crippen LogP contribution in [0, 0.1) is 0 Å². The molecule has 0 bridgehead atoms. The minimum atomic E-state index is -0.219. The molecule has 5 heteroatoms. The van der Waals surface area contributed by atoms with Gasteiger partial charge in [-0.3, -0.25) is 14.0 Å². The number of carbonyl (C=O) groups excluding carboxylic acids is 1. The number of hydrogen-bond acceptors (Lipinski definition) is 4. The van der Waals surface area contributed by atoms with Gasteiger partial charge < -0.3 is 0 Å². The Morgan fingerprint density at radius 1 is 1.58 bits per heavy atom. The zero-order valence-electron chi connectivity index (χ0n) is 5.93. The molecule has 2 aromatic heterocycles. The first kappa shape index (κ1) is 7.17. The van der Waals surface area contributed by atoms with Crippen LogP contribution in [0.25, 0.3) is 4.96 Å². The minimum absolute atomic E-state index is 0.183. The summed E-state index contributed by atoms with van der Waals surface area (Å²) in [5.74, 6) is 0. The summed E-state index contributed by atoms with van der Waals surface area (Å²) in [6.07, 6.45) is 2.20. The van der Waals surface area contributed by atoms with Crippen molar-refractivity contribution in [2.75, 3.05) is 0 Å². The third kappa shape index (κ3) is 0.947. The molecular weight excluding hydrogens is 176 g/mol. The molecule has 0 saturated heterocycles. The molecular formula is C7H4N2O2S. The molecule has 0 aliphatic heterocycles. The average molecular weight is 180 g/mol. The van der Waals surface area contributed by atoms with Crippen molar-refractivity contribution < 1.29 is 4.79 Å². The van der Waals surface area contributed by atoms with Gasteiger partial charge >= 0.3 is 0 Å². The predicted molar refractivity (Wildman–Crippen MR) is 44.7 cm³/mol. The Morgan fingerprint density at radius 2 is 2.42 bits per heavy atom. The van der Waals surface area contributed by atoms with Crippen molar-refractivity contribution in [1.82, 2.24) is 9.38 Å².